The second-order valence-corrected chi connectivity index (χ2v) is 2.59. The Morgan fingerprint density at radius 3 is 2.69 bits per heavy atom. The molecule has 1 aromatic heterocycles. The maximum Gasteiger partial charge on any atom is 0.303 e. The van der Waals surface area contributed by atoms with Crippen molar-refractivity contribution >= 4 is 11.9 Å². The number of aromatic nitrogens is 3. The zero-order chi connectivity index (χ0) is 9.84. The molecule has 0 aliphatic carbocycles. The minimum absolute atomic E-state index is 0.0900. The molecule has 5 N–H and O–H groups in total. The lowest BCUT2D eigenvalue weighted by atomic mass is 10.2. The van der Waals surface area contributed by atoms with Crippen molar-refractivity contribution in [2.24, 2.45) is 0 Å². The predicted octanol–water partition coefficient (Wildman–Crippen LogP) is -1.02. The lowest BCUT2D eigenvalue weighted by Gasteiger charge is -1.98. The minimum Gasteiger partial charge on any atom is -0.481 e. The van der Waals surface area contributed by atoms with Gasteiger partial charge in [-0.05, 0) is 6.42 Å². The van der Waals surface area contributed by atoms with E-state index in [0.29, 0.717) is 18.7 Å². The number of nitrogen functional groups attached to an aromatic ring is 2. The highest BCUT2D eigenvalue weighted by Gasteiger charge is 2.06. The van der Waals surface area contributed by atoms with Crippen molar-refractivity contribution in [2.75, 3.05) is 11.6 Å². The molecular formula is C6H11N5O2. The summed E-state index contributed by atoms with van der Waals surface area (Å²) in [6.45, 7) is 0. The molecule has 7 nitrogen and oxygen atoms in total. The maximum absolute atomic E-state index is 10.2. The number of aryl methyl sites for hydroxylation is 1. The first kappa shape index (κ1) is 9.30. The summed E-state index contributed by atoms with van der Waals surface area (Å²) in [7, 11) is 0. The molecule has 0 saturated heterocycles. The Kier molecular flexibility index (Phi) is 2.68. The number of hydrogen-bond donors (Lipinski definition) is 3. The van der Waals surface area contributed by atoms with Crippen LogP contribution in [0.3, 0.4) is 0 Å². The topological polar surface area (TPSA) is 120 Å². The summed E-state index contributed by atoms with van der Waals surface area (Å²) in [5.41, 5.74) is 5.32. The van der Waals surface area contributed by atoms with E-state index in [4.69, 9.17) is 16.7 Å². The first-order valence-corrected chi connectivity index (χ1v) is 3.78. The summed E-state index contributed by atoms with van der Waals surface area (Å²) in [4.78, 5) is 10.2. The highest BCUT2D eigenvalue weighted by molar-refractivity contribution is 5.66. The Hall–Kier alpha value is -1.79. The number of carboxylic acid groups (broad SMARTS) is 1. The first-order chi connectivity index (χ1) is 6.11. The van der Waals surface area contributed by atoms with Crippen LogP contribution in [-0.2, 0) is 11.2 Å². The molecule has 0 radical (unpaired) electrons. The number of nitrogens with zero attached hydrogens (tertiary/aromatic N) is 3. The van der Waals surface area contributed by atoms with E-state index in [1.165, 1.54) is 0 Å². The van der Waals surface area contributed by atoms with Gasteiger partial charge in [-0.15, -0.1) is 10.2 Å². The van der Waals surface area contributed by atoms with Crippen LogP contribution in [0.25, 0.3) is 0 Å². The van der Waals surface area contributed by atoms with Crippen LogP contribution in [0.2, 0.25) is 0 Å². The van der Waals surface area contributed by atoms with Crippen molar-refractivity contribution in [2.45, 2.75) is 19.3 Å². The van der Waals surface area contributed by atoms with E-state index in [9.17, 15) is 4.79 Å². The molecule has 0 fully saturated rings. The number of aliphatic carboxylic acids is 1. The summed E-state index contributed by atoms with van der Waals surface area (Å²) in [5.74, 6) is 5.23. The highest BCUT2D eigenvalue weighted by atomic mass is 16.4. The minimum atomic E-state index is -0.837. The van der Waals surface area contributed by atoms with Gasteiger partial charge in [0.25, 0.3) is 0 Å². The van der Waals surface area contributed by atoms with E-state index in [1.807, 2.05) is 0 Å². The molecule has 1 rings (SSSR count). The molecule has 0 atom stereocenters. The van der Waals surface area contributed by atoms with Crippen molar-refractivity contribution in [3.8, 4) is 0 Å². The van der Waals surface area contributed by atoms with Crippen molar-refractivity contribution < 1.29 is 9.90 Å². The zero-order valence-corrected chi connectivity index (χ0v) is 6.97. The van der Waals surface area contributed by atoms with Crippen LogP contribution in [0.1, 0.15) is 18.7 Å². The second-order valence-electron chi connectivity index (χ2n) is 2.59. The molecule has 0 aliphatic rings. The highest BCUT2D eigenvalue weighted by Crippen LogP contribution is 2.02. The van der Waals surface area contributed by atoms with Gasteiger partial charge in [-0.2, -0.15) is 0 Å². The molecular weight excluding hydrogens is 174 g/mol. The number of carbonyl (C=O) groups is 1. The second kappa shape index (κ2) is 3.74. The van der Waals surface area contributed by atoms with Crippen molar-refractivity contribution in [3.05, 3.63) is 5.82 Å². The molecule has 0 aliphatic heterocycles. The number of nitrogens with two attached hydrogens (primary N) is 2. The largest absolute Gasteiger partial charge is 0.481 e. The molecule has 72 valence electrons. The predicted molar refractivity (Wildman–Crippen MR) is 45.2 cm³/mol. The van der Waals surface area contributed by atoms with E-state index in [-0.39, 0.29) is 12.4 Å². The van der Waals surface area contributed by atoms with Gasteiger partial charge in [0.05, 0.1) is 0 Å². The van der Waals surface area contributed by atoms with Crippen LogP contribution < -0.4 is 11.6 Å². The Morgan fingerprint density at radius 2 is 2.23 bits per heavy atom. The van der Waals surface area contributed by atoms with Gasteiger partial charge in [-0.1, -0.05) is 0 Å². The van der Waals surface area contributed by atoms with Crippen LogP contribution in [0.4, 0.5) is 5.95 Å². The Labute approximate surface area is 74.3 Å². The van der Waals surface area contributed by atoms with Crippen molar-refractivity contribution in [1.29, 1.82) is 0 Å². The molecule has 0 bridgehead atoms. The van der Waals surface area contributed by atoms with Crippen LogP contribution in [0.5, 0.6) is 0 Å². The maximum atomic E-state index is 10.2. The summed E-state index contributed by atoms with van der Waals surface area (Å²) >= 11 is 0. The van der Waals surface area contributed by atoms with Gasteiger partial charge in [0.2, 0.25) is 5.95 Å². The third kappa shape index (κ3) is 2.32. The fourth-order valence-corrected chi connectivity index (χ4v) is 0.906. The first-order valence-electron chi connectivity index (χ1n) is 3.78. The van der Waals surface area contributed by atoms with Gasteiger partial charge in [-0.25, -0.2) is 4.68 Å². The van der Waals surface area contributed by atoms with E-state index in [0.717, 1.165) is 4.68 Å². The van der Waals surface area contributed by atoms with E-state index >= 15 is 0 Å². The Balaban J connectivity index is 2.45. The lowest BCUT2D eigenvalue weighted by molar-refractivity contribution is -0.137. The van der Waals surface area contributed by atoms with E-state index in [2.05, 4.69) is 10.2 Å². The summed E-state index contributed by atoms with van der Waals surface area (Å²) in [5, 5.41) is 15.6. The van der Waals surface area contributed by atoms with Crippen LogP contribution in [-0.4, -0.2) is 25.9 Å². The third-order valence-corrected chi connectivity index (χ3v) is 1.58. The van der Waals surface area contributed by atoms with Crippen molar-refractivity contribution in [1.82, 2.24) is 14.9 Å². The molecule has 1 aromatic rings. The monoisotopic (exact) mass is 185 g/mol. The lowest BCUT2D eigenvalue weighted by Crippen LogP contribution is -2.15. The fourth-order valence-electron chi connectivity index (χ4n) is 0.906. The SMILES string of the molecule is Nc1nnc(CCCC(=O)O)n1N. The van der Waals surface area contributed by atoms with Gasteiger partial charge in [0.1, 0.15) is 0 Å². The quantitative estimate of drug-likeness (QED) is 0.516. The number of anilines is 1. The standard InChI is InChI=1S/C6H11N5O2/c7-6-10-9-4(11(6)8)2-1-3-5(12)13/h1-3,8H2,(H2,7,10)(H,12,13). The van der Waals surface area contributed by atoms with E-state index < -0.39 is 5.97 Å². The Bertz CT molecular complexity index is 308. The number of carboxylic acids is 1. The summed E-state index contributed by atoms with van der Waals surface area (Å²) in [6, 6.07) is 0. The number of hydrogen-bond acceptors (Lipinski definition) is 5. The fraction of sp³-hybridized carbons (Fsp3) is 0.500. The van der Waals surface area contributed by atoms with Gasteiger partial charge in [0.15, 0.2) is 5.82 Å². The zero-order valence-electron chi connectivity index (χ0n) is 6.97. The van der Waals surface area contributed by atoms with Crippen LogP contribution in [0, 0.1) is 0 Å². The van der Waals surface area contributed by atoms with Crippen LogP contribution in [0.15, 0.2) is 0 Å². The molecule has 0 aromatic carbocycles. The summed E-state index contributed by atoms with van der Waals surface area (Å²) in [6.07, 6.45) is 1.03. The molecule has 0 amide bonds. The van der Waals surface area contributed by atoms with Gasteiger partial charge < -0.3 is 16.7 Å². The normalized spacial score (nSPS) is 10.2. The third-order valence-electron chi connectivity index (χ3n) is 1.58. The average molecular weight is 185 g/mol. The molecule has 0 spiro atoms. The molecule has 0 saturated carbocycles. The molecule has 7 heteroatoms. The smallest absolute Gasteiger partial charge is 0.303 e. The van der Waals surface area contributed by atoms with E-state index in [1.54, 1.807) is 0 Å². The van der Waals surface area contributed by atoms with Crippen LogP contribution >= 0.6 is 0 Å². The average Bonchev–Trinajstić information content (AvgIpc) is 2.35. The number of rotatable bonds is 4. The van der Waals surface area contributed by atoms with Crippen molar-refractivity contribution in [3.63, 3.8) is 0 Å². The van der Waals surface area contributed by atoms with Gasteiger partial charge in [-0.3, -0.25) is 4.79 Å². The molecule has 13 heavy (non-hydrogen) atoms. The molecule has 0 unspecified atom stereocenters. The molecule has 1 heterocycles. The van der Waals surface area contributed by atoms with Gasteiger partial charge in [0, 0.05) is 12.8 Å². The van der Waals surface area contributed by atoms with Gasteiger partial charge >= 0.3 is 5.97 Å². The Morgan fingerprint density at radius 1 is 1.54 bits per heavy atom. The summed E-state index contributed by atoms with van der Waals surface area (Å²) < 4.78 is 1.15.